The van der Waals surface area contributed by atoms with E-state index in [4.69, 9.17) is 4.74 Å². The number of para-hydroxylation sites is 1. The number of H-pyrrole nitrogens is 1. The first-order valence-corrected chi connectivity index (χ1v) is 10.1. The molecule has 1 aliphatic heterocycles. The zero-order valence-electron chi connectivity index (χ0n) is 17.8. The number of hydrogen-bond acceptors (Lipinski definition) is 5. The van der Waals surface area contributed by atoms with Crippen molar-refractivity contribution in [3.05, 3.63) is 47.8 Å². The topological polar surface area (TPSA) is 95.6 Å². The van der Waals surface area contributed by atoms with Gasteiger partial charge in [0.25, 0.3) is 11.8 Å². The second-order valence-electron chi connectivity index (χ2n) is 8.08. The van der Waals surface area contributed by atoms with Crippen LogP contribution in [-0.4, -0.2) is 58.6 Å². The number of likely N-dealkylation sites (tertiary alicyclic amines) is 1. The molecule has 2 aromatic rings. The third-order valence-electron chi connectivity index (χ3n) is 5.40. The summed E-state index contributed by atoms with van der Waals surface area (Å²) >= 11 is 0. The van der Waals surface area contributed by atoms with Crippen molar-refractivity contribution in [1.82, 2.24) is 15.1 Å². The highest BCUT2D eigenvalue weighted by molar-refractivity contribution is 6.04. The molecule has 1 saturated heterocycles. The maximum atomic E-state index is 12.7. The molecule has 0 bridgehead atoms. The van der Waals surface area contributed by atoms with Crippen molar-refractivity contribution < 1.29 is 19.1 Å². The third kappa shape index (κ3) is 4.69. The first-order chi connectivity index (χ1) is 14.2. The van der Waals surface area contributed by atoms with Gasteiger partial charge in [0.2, 0.25) is 0 Å². The van der Waals surface area contributed by atoms with Gasteiger partial charge >= 0.3 is 5.97 Å². The number of carbonyl (C=O) groups is 3. The minimum Gasteiger partial charge on any atom is -0.450 e. The van der Waals surface area contributed by atoms with Crippen molar-refractivity contribution in [2.24, 2.45) is 0 Å². The predicted molar refractivity (Wildman–Crippen MR) is 112 cm³/mol. The van der Waals surface area contributed by atoms with E-state index >= 15 is 0 Å². The van der Waals surface area contributed by atoms with E-state index in [9.17, 15) is 14.4 Å². The minimum absolute atomic E-state index is 0.181. The summed E-state index contributed by atoms with van der Waals surface area (Å²) in [4.78, 5) is 39.9. The Morgan fingerprint density at radius 3 is 2.40 bits per heavy atom. The van der Waals surface area contributed by atoms with Crippen LogP contribution in [0.2, 0.25) is 0 Å². The molecule has 0 radical (unpaired) electrons. The van der Waals surface area contributed by atoms with Crippen LogP contribution in [0.15, 0.2) is 36.4 Å². The minimum atomic E-state index is -1.17. The van der Waals surface area contributed by atoms with Crippen LogP contribution in [0.3, 0.4) is 0 Å². The molecular weight excluding hydrogens is 384 g/mol. The van der Waals surface area contributed by atoms with Crippen LogP contribution >= 0.6 is 0 Å². The number of aromatic nitrogens is 2. The van der Waals surface area contributed by atoms with Gasteiger partial charge in [-0.15, -0.1) is 0 Å². The largest absolute Gasteiger partial charge is 0.450 e. The number of anilines is 1. The van der Waals surface area contributed by atoms with Gasteiger partial charge in [0, 0.05) is 44.4 Å². The lowest BCUT2D eigenvalue weighted by atomic mass is 9.92. The second kappa shape index (κ2) is 8.69. The highest BCUT2D eigenvalue weighted by Crippen LogP contribution is 2.29. The SMILES string of the molecule is CC(=O)OC(C)(C)C(=O)N1CCC(c2cc(C(=O)N(C)c3ccccc3)n[nH]2)CC1. The summed E-state index contributed by atoms with van der Waals surface area (Å²) in [7, 11) is 1.72. The van der Waals surface area contributed by atoms with Crippen molar-refractivity contribution in [1.29, 1.82) is 0 Å². The van der Waals surface area contributed by atoms with Crippen molar-refractivity contribution in [3.8, 4) is 0 Å². The summed E-state index contributed by atoms with van der Waals surface area (Å²) in [6, 6.07) is 11.2. The molecular formula is C22H28N4O4. The molecule has 1 aromatic carbocycles. The Morgan fingerprint density at radius 1 is 1.17 bits per heavy atom. The second-order valence-corrected chi connectivity index (χ2v) is 8.08. The number of piperidine rings is 1. The average Bonchev–Trinajstić information content (AvgIpc) is 3.22. The van der Waals surface area contributed by atoms with Crippen molar-refractivity contribution >= 4 is 23.5 Å². The van der Waals surface area contributed by atoms with Crippen LogP contribution in [0.5, 0.6) is 0 Å². The van der Waals surface area contributed by atoms with Gasteiger partial charge in [-0.05, 0) is 44.9 Å². The summed E-state index contributed by atoms with van der Waals surface area (Å²) in [5, 5.41) is 7.20. The molecule has 1 fully saturated rings. The highest BCUT2D eigenvalue weighted by Gasteiger charge is 2.37. The summed E-state index contributed by atoms with van der Waals surface area (Å²) < 4.78 is 5.16. The smallest absolute Gasteiger partial charge is 0.303 e. The highest BCUT2D eigenvalue weighted by atomic mass is 16.6. The molecule has 0 atom stereocenters. The first-order valence-electron chi connectivity index (χ1n) is 10.1. The molecule has 8 nitrogen and oxygen atoms in total. The van der Waals surface area contributed by atoms with Gasteiger partial charge in [0.05, 0.1) is 0 Å². The number of hydrogen-bond donors (Lipinski definition) is 1. The van der Waals surface area contributed by atoms with E-state index in [0.717, 1.165) is 24.2 Å². The number of ether oxygens (including phenoxy) is 1. The number of carbonyl (C=O) groups excluding carboxylic acids is 3. The third-order valence-corrected chi connectivity index (χ3v) is 5.40. The molecule has 2 heterocycles. The van der Waals surface area contributed by atoms with Crippen LogP contribution in [-0.2, 0) is 14.3 Å². The Bertz CT molecular complexity index is 914. The van der Waals surface area contributed by atoms with Crippen LogP contribution in [0.4, 0.5) is 5.69 Å². The normalized spacial score (nSPS) is 15.0. The lowest BCUT2D eigenvalue weighted by Gasteiger charge is -2.36. The maximum Gasteiger partial charge on any atom is 0.303 e. The van der Waals surface area contributed by atoms with Gasteiger partial charge in [0.15, 0.2) is 11.3 Å². The maximum absolute atomic E-state index is 12.7. The quantitative estimate of drug-likeness (QED) is 0.762. The molecule has 0 aliphatic carbocycles. The Labute approximate surface area is 176 Å². The number of nitrogens with one attached hydrogen (secondary N) is 1. The molecule has 2 amide bonds. The Balaban J connectivity index is 1.61. The summed E-state index contributed by atoms with van der Waals surface area (Å²) in [5.74, 6) is -0.666. The van der Waals surface area contributed by atoms with E-state index in [-0.39, 0.29) is 17.7 Å². The molecule has 30 heavy (non-hydrogen) atoms. The summed E-state index contributed by atoms with van der Waals surface area (Å²) in [6.45, 7) is 5.63. The molecule has 3 rings (SSSR count). The molecule has 1 aliphatic rings. The van der Waals surface area contributed by atoms with Gasteiger partial charge in [-0.25, -0.2) is 0 Å². The van der Waals surface area contributed by atoms with Crippen LogP contribution in [0.25, 0.3) is 0 Å². The number of nitrogens with zero attached hydrogens (tertiary/aromatic N) is 3. The number of esters is 1. The van der Waals surface area contributed by atoms with E-state index in [1.807, 2.05) is 30.3 Å². The van der Waals surface area contributed by atoms with E-state index in [0.29, 0.717) is 18.8 Å². The van der Waals surface area contributed by atoms with Crippen molar-refractivity contribution in [2.75, 3.05) is 25.0 Å². The zero-order valence-corrected chi connectivity index (χ0v) is 17.8. The van der Waals surface area contributed by atoms with Crippen LogP contribution < -0.4 is 4.90 Å². The predicted octanol–water partition coefficient (Wildman–Crippen LogP) is 2.73. The lowest BCUT2D eigenvalue weighted by Crippen LogP contribution is -2.50. The Kier molecular flexibility index (Phi) is 6.24. The number of rotatable bonds is 5. The fraction of sp³-hybridized carbons (Fsp3) is 0.455. The van der Waals surface area contributed by atoms with Gasteiger partial charge in [-0.3, -0.25) is 19.5 Å². The average molecular weight is 412 g/mol. The molecule has 1 N–H and O–H groups in total. The molecule has 0 spiro atoms. The van der Waals surface area contributed by atoms with Crippen molar-refractivity contribution in [2.45, 2.75) is 45.1 Å². The van der Waals surface area contributed by atoms with E-state index < -0.39 is 11.6 Å². The molecule has 0 saturated carbocycles. The van der Waals surface area contributed by atoms with E-state index in [1.54, 1.807) is 36.8 Å². The number of aromatic amines is 1. The molecule has 8 heteroatoms. The molecule has 160 valence electrons. The molecule has 1 aromatic heterocycles. The van der Waals surface area contributed by atoms with Gasteiger partial charge in [-0.2, -0.15) is 5.10 Å². The van der Waals surface area contributed by atoms with Crippen LogP contribution in [0, 0.1) is 0 Å². The van der Waals surface area contributed by atoms with Gasteiger partial charge < -0.3 is 14.5 Å². The fourth-order valence-electron chi connectivity index (χ4n) is 3.77. The van der Waals surface area contributed by atoms with Crippen LogP contribution in [0.1, 0.15) is 55.7 Å². The van der Waals surface area contributed by atoms with E-state index in [1.165, 1.54) is 6.92 Å². The first kappa shape index (κ1) is 21.5. The Morgan fingerprint density at radius 2 is 1.80 bits per heavy atom. The number of amides is 2. The Hall–Kier alpha value is -3.16. The fourth-order valence-corrected chi connectivity index (χ4v) is 3.77. The summed E-state index contributed by atoms with van der Waals surface area (Å²) in [6.07, 6.45) is 1.48. The van der Waals surface area contributed by atoms with Crippen molar-refractivity contribution in [3.63, 3.8) is 0 Å². The standard InChI is InChI=1S/C22H28N4O4/c1-15(27)30-22(2,3)21(29)26-12-10-16(11-13-26)18-14-19(24-23-18)20(28)25(4)17-8-6-5-7-9-17/h5-9,14,16H,10-13H2,1-4H3,(H,23,24). The van der Waals surface area contributed by atoms with Gasteiger partial charge in [0.1, 0.15) is 0 Å². The van der Waals surface area contributed by atoms with Gasteiger partial charge in [-0.1, -0.05) is 18.2 Å². The lowest BCUT2D eigenvalue weighted by molar-refractivity contribution is -0.169. The zero-order chi connectivity index (χ0) is 21.9. The van der Waals surface area contributed by atoms with E-state index in [2.05, 4.69) is 10.2 Å². The monoisotopic (exact) mass is 412 g/mol. The summed E-state index contributed by atoms with van der Waals surface area (Å²) in [5.41, 5.74) is 0.889. The molecule has 0 unspecified atom stereocenters. The number of benzene rings is 1.